The van der Waals surface area contributed by atoms with E-state index in [4.69, 9.17) is 14.5 Å². The zero-order chi connectivity index (χ0) is 23.5. The Labute approximate surface area is 196 Å². The van der Waals surface area contributed by atoms with E-state index in [2.05, 4.69) is 30.4 Å². The highest BCUT2D eigenvalue weighted by atomic mass is 16.5. The Morgan fingerprint density at radius 1 is 1.12 bits per heavy atom. The van der Waals surface area contributed by atoms with Crippen molar-refractivity contribution in [3.05, 3.63) is 24.4 Å². The van der Waals surface area contributed by atoms with Gasteiger partial charge in [-0.25, -0.2) is 0 Å². The molecule has 1 aliphatic heterocycles. The van der Waals surface area contributed by atoms with Crippen molar-refractivity contribution in [1.82, 2.24) is 30.5 Å². The van der Waals surface area contributed by atoms with Crippen LogP contribution in [-0.2, 0) is 14.3 Å². The fraction of sp³-hybridized carbons (Fsp3) is 0.478. The minimum absolute atomic E-state index is 0.0206. The fourth-order valence-electron chi connectivity index (χ4n) is 4.35. The van der Waals surface area contributed by atoms with Crippen LogP contribution in [0.15, 0.2) is 24.4 Å². The molecule has 1 aliphatic carbocycles. The molecule has 1 saturated carbocycles. The third-order valence-electron chi connectivity index (χ3n) is 6.22. The molecule has 2 aliphatic rings. The van der Waals surface area contributed by atoms with Crippen molar-refractivity contribution in [2.75, 3.05) is 31.2 Å². The Morgan fingerprint density at radius 3 is 2.68 bits per heavy atom. The molecule has 2 aromatic heterocycles. The van der Waals surface area contributed by atoms with E-state index in [0.29, 0.717) is 38.1 Å². The first-order valence-electron chi connectivity index (χ1n) is 11.6. The van der Waals surface area contributed by atoms with Crippen LogP contribution in [0.3, 0.4) is 0 Å². The number of amides is 1. The molecule has 2 fully saturated rings. The number of ketones is 1. The third-order valence-corrected chi connectivity index (χ3v) is 6.22. The molecule has 5 rings (SSSR count). The predicted octanol–water partition coefficient (Wildman–Crippen LogP) is 1.65. The SMILES string of the molecule is CC(=O)C(=O)N[C@H]1CC[C@H](Oc2nc(-c3cccc4[nH]ncc34)nc(N3CCOCC3)n2)CC1. The lowest BCUT2D eigenvalue weighted by Gasteiger charge is -2.29. The van der Waals surface area contributed by atoms with E-state index in [1.165, 1.54) is 6.92 Å². The number of carbonyl (C=O) groups excluding carboxylic acids is 2. The first kappa shape index (κ1) is 22.2. The molecule has 0 unspecified atom stereocenters. The highest BCUT2D eigenvalue weighted by Crippen LogP contribution is 2.29. The Kier molecular flexibility index (Phi) is 6.35. The number of H-pyrrole nitrogens is 1. The number of aromatic nitrogens is 5. The number of aromatic amines is 1. The summed E-state index contributed by atoms with van der Waals surface area (Å²) in [6.45, 7) is 3.90. The number of anilines is 1. The summed E-state index contributed by atoms with van der Waals surface area (Å²) >= 11 is 0. The van der Waals surface area contributed by atoms with Crippen LogP contribution < -0.4 is 15.0 Å². The van der Waals surface area contributed by atoms with Gasteiger partial charge in [0.2, 0.25) is 11.7 Å². The molecule has 1 aromatic carbocycles. The van der Waals surface area contributed by atoms with Crippen LogP contribution in [0, 0.1) is 0 Å². The van der Waals surface area contributed by atoms with Crippen LogP contribution in [0.25, 0.3) is 22.3 Å². The topological polar surface area (TPSA) is 135 Å². The molecular formula is C23H27N7O4. The number of nitrogens with one attached hydrogen (secondary N) is 2. The van der Waals surface area contributed by atoms with E-state index in [0.717, 1.165) is 42.1 Å². The van der Waals surface area contributed by atoms with Crippen molar-refractivity contribution in [1.29, 1.82) is 0 Å². The summed E-state index contributed by atoms with van der Waals surface area (Å²) in [5.74, 6) is 0.0848. The molecule has 178 valence electrons. The Bertz CT molecular complexity index is 1180. The molecule has 0 spiro atoms. The standard InChI is InChI=1S/C23H27N7O4/c1-14(31)21(32)25-15-5-7-16(8-6-15)34-23-27-20(17-3-2-4-19-18(17)13-24-29-19)26-22(28-23)30-9-11-33-12-10-30/h2-4,13,15-16H,5-12H2,1H3,(H,24,29)(H,25,32)/t15-,16-. The quantitative estimate of drug-likeness (QED) is 0.521. The second-order valence-corrected chi connectivity index (χ2v) is 8.60. The molecule has 3 heterocycles. The summed E-state index contributed by atoms with van der Waals surface area (Å²) in [6.07, 6.45) is 4.60. The number of fused-ring (bicyclic) bond motifs is 1. The molecule has 1 amide bonds. The minimum atomic E-state index is -0.532. The smallest absolute Gasteiger partial charge is 0.322 e. The molecule has 3 aromatic rings. The van der Waals surface area contributed by atoms with Crippen molar-refractivity contribution in [3.63, 3.8) is 0 Å². The number of rotatable bonds is 6. The van der Waals surface area contributed by atoms with Gasteiger partial charge in [-0.15, -0.1) is 0 Å². The molecule has 11 nitrogen and oxygen atoms in total. The normalized spacial score (nSPS) is 20.8. The lowest BCUT2D eigenvalue weighted by molar-refractivity contribution is -0.137. The summed E-state index contributed by atoms with van der Waals surface area (Å²) in [6, 6.07) is 6.11. The second kappa shape index (κ2) is 9.72. The van der Waals surface area contributed by atoms with Crippen molar-refractivity contribution < 1.29 is 19.1 Å². The highest BCUT2D eigenvalue weighted by Gasteiger charge is 2.26. The second-order valence-electron chi connectivity index (χ2n) is 8.60. The van der Waals surface area contributed by atoms with E-state index in [1.54, 1.807) is 6.20 Å². The largest absolute Gasteiger partial charge is 0.460 e. The van der Waals surface area contributed by atoms with Gasteiger partial charge in [-0.05, 0) is 31.7 Å². The van der Waals surface area contributed by atoms with Gasteiger partial charge in [-0.3, -0.25) is 14.7 Å². The molecule has 34 heavy (non-hydrogen) atoms. The van der Waals surface area contributed by atoms with Crippen molar-refractivity contribution in [2.45, 2.75) is 44.8 Å². The van der Waals surface area contributed by atoms with Gasteiger partial charge in [0.25, 0.3) is 5.91 Å². The van der Waals surface area contributed by atoms with Gasteiger partial charge in [0.05, 0.1) is 24.9 Å². The lowest BCUT2D eigenvalue weighted by Crippen LogP contribution is -2.42. The number of morpholine rings is 1. The van der Waals surface area contributed by atoms with Crippen LogP contribution in [0.1, 0.15) is 32.6 Å². The van der Waals surface area contributed by atoms with Gasteiger partial charge in [-0.2, -0.15) is 20.1 Å². The number of ether oxygens (including phenoxy) is 2. The minimum Gasteiger partial charge on any atom is -0.460 e. The number of benzene rings is 1. The van der Waals surface area contributed by atoms with Crippen LogP contribution >= 0.6 is 0 Å². The van der Waals surface area contributed by atoms with E-state index in [1.807, 2.05) is 18.2 Å². The van der Waals surface area contributed by atoms with Crippen LogP contribution in [0.2, 0.25) is 0 Å². The summed E-state index contributed by atoms with van der Waals surface area (Å²) in [7, 11) is 0. The number of Topliss-reactive ketones (excluding diaryl/α,β-unsaturated/α-hetero) is 1. The van der Waals surface area contributed by atoms with Gasteiger partial charge in [0, 0.05) is 37.0 Å². The van der Waals surface area contributed by atoms with Crippen LogP contribution in [0.4, 0.5) is 5.95 Å². The maximum atomic E-state index is 11.7. The summed E-state index contributed by atoms with van der Waals surface area (Å²) in [5, 5.41) is 10.8. The maximum absolute atomic E-state index is 11.7. The zero-order valence-corrected chi connectivity index (χ0v) is 19.0. The van der Waals surface area contributed by atoms with Gasteiger partial charge in [0.15, 0.2) is 5.82 Å². The molecule has 0 bridgehead atoms. The highest BCUT2D eigenvalue weighted by molar-refractivity contribution is 6.35. The Hall–Kier alpha value is -3.60. The van der Waals surface area contributed by atoms with Gasteiger partial charge in [-0.1, -0.05) is 12.1 Å². The van der Waals surface area contributed by atoms with Crippen LogP contribution in [-0.4, -0.2) is 75.3 Å². The first-order chi connectivity index (χ1) is 16.6. The number of carbonyl (C=O) groups is 2. The van der Waals surface area contributed by atoms with Crippen molar-refractivity contribution in [2.24, 2.45) is 0 Å². The van der Waals surface area contributed by atoms with Gasteiger partial charge < -0.3 is 19.7 Å². The van der Waals surface area contributed by atoms with Gasteiger partial charge >= 0.3 is 6.01 Å². The molecular weight excluding hydrogens is 438 g/mol. The van der Waals surface area contributed by atoms with Crippen LogP contribution in [0.5, 0.6) is 6.01 Å². The van der Waals surface area contributed by atoms with E-state index in [-0.39, 0.29) is 18.2 Å². The summed E-state index contributed by atoms with van der Waals surface area (Å²) in [5.41, 5.74) is 1.75. The maximum Gasteiger partial charge on any atom is 0.322 e. The number of hydrogen-bond donors (Lipinski definition) is 2. The van der Waals surface area contributed by atoms with Crippen molar-refractivity contribution >= 4 is 28.5 Å². The molecule has 1 saturated heterocycles. The van der Waals surface area contributed by atoms with E-state index >= 15 is 0 Å². The molecule has 0 atom stereocenters. The summed E-state index contributed by atoms with van der Waals surface area (Å²) < 4.78 is 11.7. The molecule has 11 heteroatoms. The number of nitrogens with zero attached hydrogens (tertiary/aromatic N) is 5. The predicted molar refractivity (Wildman–Crippen MR) is 123 cm³/mol. The Morgan fingerprint density at radius 2 is 1.91 bits per heavy atom. The number of hydrogen-bond acceptors (Lipinski definition) is 9. The Balaban J connectivity index is 1.37. The molecule has 2 N–H and O–H groups in total. The average molecular weight is 466 g/mol. The fourth-order valence-corrected chi connectivity index (χ4v) is 4.35. The van der Waals surface area contributed by atoms with E-state index in [9.17, 15) is 9.59 Å². The third kappa shape index (κ3) is 4.84. The van der Waals surface area contributed by atoms with Crippen molar-refractivity contribution in [3.8, 4) is 17.4 Å². The zero-order valence-electron chi connectivity index (χ0n) is 19.0. The first-order valence-corrected chi connectivity index (χ1v) is 11.6. The van der Waals surface area contributed by atoms with E-state index < -0.39 is 11.7 Å². The average Bonchev–Trinajstić information content (AvgIpc) is 3.35. The molecule has 0 radical (unpaired) electrons. The summed E-state index contributed by atoms with van der Waals surface area (Å²) in [4.78, 5) is 39.0. The van der Waals surface area contributed by atoms with Gasteiger partial charge in [0.1, 0.15) is 6.10 Å². The lowest BCUT2D eigenvalue weighted by atomic mass is 9.93. The monoisotopic (exact) mass is 465 g/mol.